The van der Waals surface area contributed by atoms with Crippen molar-refractivity contribution in [3.63, 3.8) is 0 Å². The Kier molecular flexibility index (Phi) is 12.7. The fourth-order valence-electron chi connectivity index (χ4n) is 1.98. The smallest absolute Gasteiger partial charge is 0.244 e. The van der Waals surface area contributed by atoms with Crippen LogP contribution < -0.4 is 4.57 Å². The van der Waals surface area contributed by atoms with Gasteiger partial charge in [0.25, 0.3) is 0 Å². The molecule has 0 atom stereocenters. The van der Waals surface area contributed by atoms with Gasteiger partial charge in [-0.1, -0.05) is 50.3 Å². The van der Waals surface area contributed by atoms with E-state index in [-0.39, 0.29) is 0 Å². The number of benzene rings is 1. The molecular weight excluding hydrogens is 308 g/mol. The minimum absolute atomic E-state index is 0.927. The van der Waals surface area contributed by atoms with Crippen LogP contribution in [0.1, 0.15) is 30.9 Å². The zero-order chi connectivity index (χ0) is 17.5. The van der Waals surface area contributed by atoms with E-state index >= 15 is 0 Å². The highest BCUT2D eigenvalue weighted by molar-refractivity contribution is 6.07. The molecule has 2 rings (SSSR count). The Morgan fingerprint density at radius 2 is 1.87 bits per heavy atom. The largest absolute Gasteiger partial charge is 0.283 e. The molecular formula is C19H28ClN2O+. The van der Waals surface area contributed by atoms with Crippen LogP contribution in [0.5, 0.6) is 0 Å². The molecule has 0 unspecified atom stereocenters. The summed E-state index contributed by atoms with van der Waals surface area (Å²) in [5.74, 6) is 0. The van der Waals surface area contributed by atoms with Crippen LogP contribution >= 0.6 is 11.9 Å². The Bertz CT molecular complexity index is 535. The van der Waals surface area contributed by atoms with Crippen LogP contribution in [0.2, 0.25) is 0 Å². The number of aryl methyl sites for hydroxylation is 1. The summed E-state index contributed by atoms with van der Waals surface area (Å²) < 4.78 is 8.19. The lowest BCUT2D eigenvalue weighted by Crippen LogP contribution is -2.31. The first-order valence-corrected chi connectivity index (χ1v) is 7.95. The summed E-state index contributed by atoms with van der Waals surface area (Å²) in [7, 11) is 1.39. The van der Waals surface area contributed by atoms with Gasteiger partial charge in [0.05, 0.1) is 25.5 Å². The molecule has 0 aliphatic rings. The molecule has 0 saturated heterocycles. The predicted octanol–water partition coefficient (Wildman–Crippen LogP) is 4.86. The molecule has 0 amide bonds. The number of hydrogen-bond donors (Lipinski definition) is 0. The van der Waals surface area contributed by atoms with Crippen molar-refractivity contribution in [2.75, 3.05) is 7.11 Å². The van der Waals surface area contributed by atoms with E-state index in [9.17, 15) is 0 Å². The van der Waals surface area contributed by atoms with Crippen LogP contribution in [0.3, 0.4) is 0 Å². The third-order valence-corrected chi connectivity index (χ3v) is 3.10. The Morgan fingerprint density at radius 3 is 2.39 bits per heavy atom. The summed E-state index contributed by atoms with van der Waals surface area (Å²) in [6.07, 6.45) is 10.8. The maximum Gasteiger partial charge on any atom is 0.244 e. The number of imidazole rings is 1. The summed E-state index contributed by atoms with van der Waals surface area (Å²) in [5, 5.41) is 0. The average molecular weight is 336 g/mol. The van der Waals surface area contributed by atoms with Crippen molar-refractivity contribution < 1.29 is 8.86 Å². The van der Waals surface area contributed by atoms with E-state index in [1.54, 1.807) is 0 Å². The molecule has 0 radical (unpaired) electrons. The molecule has 0 aliphatic carbocycles. The molecule has 0 aliphatic heterocycles. The zero-order valence-electron chi connectivity index (χ0n) is 14.2. The molecule has 0 N–H and O–H groups in total. The summed E-state index contributed by atoms with van der Waals surface area (Å²) in [5.41, 5.74) is 2.49. The number of unbranched alkanes of at least 4 members (excludes halogenated alkanes) is 1. The second-order valence-corrected chi connectivity index (χ2v) is 5.09. The average Bonchev–Trinajstić information content (AvgIpc) is 3.03. The molecule has 23 heavy (non-hydrogen) atoms. The van der Waals surface area contributed by atoms with Crippen LogP contribution in [0.4, 0.5) is 0 Å². The van der Waals surface area contributed by atoms with Gasteiger partial charge < -0.3 is 0 Å². The minimum atomic E-state index is 0.927. The van der Waals surface area contributed by atoms with Crippen molar-refractivity contribution in [2.24, 2.45) is 0 Å². The van der Waals surface area contributed by atoms with Crippen molar-refractivity contribution in [1.29, 1.82) is 0 Å². The Balaban J connectivity index is 0.000000868. The standard InChI is InChI=1S/C16H21N2.C2H4.CH3ClO/c1-3-5-10-17-11-12-18(14-17)13-16-8-6-15(4-2)7-9-16;1-2;1-3-2/h4,6-9,11-12,14H,2-3,5,10,13H2,1H3;1-2H2;1H3/q+1;;. The van der Waals surface area contributed by atoms with Gasteiger partial charge in [0.2, 0.25) is 6.33 Å². The van der Waals surface area contributed by atoms with Gasteiger partial charge in [-0.05, 0) is 17.5 Å². The number of rotatable bonds is 6. The first-order chi connectivity index (χ1) is 11.2. The van der Waals surface area contributed by atoms with E-state index in [2.05, 4.69) is 94.9 Å². The zero-order valence-corrected chi connectivity index (χ0v) is 15.0. The van der Waals surface area contributed by atoms with E-state index in [1.807, 2.05) is 6.08 Å². The molecule has 0 saturated carbocycles. The Hall–Kier alpha value is -1.84. The summed E-state index contributed by atoms with van der Waals surface area (Å²) >= 11 is 4.50. The molecule has 2 aromatic rings. The van der Waals surface area contributed by atoms with Gasteiger partial charge in [0.15, 0.2) is 0 Å². The SMILES string of the molecule is C=C.C=Cc1ccc(C[n+]2ccn(CCCC)c2)cc1.COCl. The van der Waals surface area contributed by atoms with E-state index in [0.717, 1.165) is 13.1 Å². The van der Waals surface area contributed by atoms with Gasteiger partial charge in [0.1, 0.15) is 18.9 Å². The van der Waals surface area contributed by atoms with E-state index < -0.39 is 0 Å². The van der Waals surface area contributed by atoms with Crippen LogP contribution in [-0.2, 0) is 17.4 Å². The lowest BCUT2D eigenvalue weighted by atomic mass is 10.1. The highest BCUT2D eigenvalue weighted by Crippen LogP contribution is 2.05. The molecule has 0 spiro atoms. The normalized spacial score (nSPS) is 9.17. The molecule has 1 heterocycles. The third kappa shape index (κ3) is 9.01. The Morgan fingerprint density at radius 1 is 1.26 bits per heavy atom. The lowest BCUT2D eigenvalue weighted by Gasteiger charge is -1.99. The third-order valence-electron chi connectivity index (χ3n) is 3.10. The lowest BCUT2D eigenvalue weighted by molar-refractivity contribution is -0.687. The van der Waals surface area contributed by atoms with Crippen LogP contribution in [0.25, 0.3) is 6.08 Å². The number of hydrogen-bond acceptors (Lipinski definition) is 1. The van der Waals surface area contributed by atoms with Gasteiger partial charge in [-0.3, -0.25) is 4.29 Å². The first-order valence-electron chi connectivity index (χ1n) is 7.64. The number of nitrogens with zero attached hydrogens (tertiary/aromatic N) is 2. The van der Waals surface area contributed by atoms with Gasteiger partial charge in [-0.15, -0.1) is 13.2 Å². The van der Waals surface area contributed by atoms with Crippen LogP contribution in [0, 0.1) is 0 Å². The highest BCUT2D eigenvalue weighted by atomic mass is 35.5. The monoisotopic (exact) mass is 335 g/mol. The topological polar surface area (TPSA) is 18.0 Å². The molecule has 3 nitrogen and oxygen atoms in total. The Labute approximate surface area is 145 Å². The van der Waals surface area contributed by atoms with Crippen molar-refractivity contribution in [2.45, 2.75) is 32.9 Å². The summed E-state index contributed by atoms with van der Waals surface area (Å²) in [6, 6.07) is 8.54. The molecule has 0 bridgehead atoms. The molecule has 126 valence electrons. The molecule has 1 aromatic heterocycles. The fraction of sp³-hybridized carbons (Fsp3) is 0.316. The molecule has 4 heteroatoms. The highest BCUT2D eigenvalue weighted by Gasteiger charge is 2.04. The second-order valence-electron chi connectivity index (χ2n) is 4.78. The minimum Gasteiger partial charge on any atom is -0.283 e. The van der Waals surface area contributed by atoms with E-state index in [4.69, 9.17) is 0 Å². The molecule has 0 fully saturated rings. The van der Waals surface area contributed by atoms with Crippen molar-refractivity contribution in [3.8, 4) is 0 Å². The maximum absolute atomic E-state index is 4.50. The van der Waals surface area contributed by atoms with Crippen molar-refractivity contribution in [1.82, 2.24) is 4.57 Å². The number of halogens is 1. The maximum atomic E-state index is 4.50. The van der Waals surface area contributed by atoms with Crippen molar-refractivity contribution >= 4 is 17.9 Å². The van der Waals surface area contributed by atoms with Gasteiger partial charge in [-0.25, -0.2) is 9.13 Å². The second kappa shape index (κ2) is 13.8. The van der Waals surface area contributed by atoms with Gasteiger partial charge >= 0.3 is 0 Å². The first kappa shape index (κ1) is 21.2. The predicted molar refractivity (Wildman–Crippen MR) is 99.3 cm³/mol. The summed E-state index contributed by atoms with van der Waals surface area (Å²) in [6.45, 7) is 14.0. The van der Waals surface area contributed by atoms with Gasteiger partial charge in [-0.2, -0.15) is 0 Å². The van der Waals surface area contributed by atoms with Crippen LogP contribution in [-0.4, -0.2) is 11.7 Å². The molecule has 1 aromatic carbocycles. The summed E-state index contributed by atoms with van der Waals surface area (Å²) in [4.78, 5) is 0. The van der Waals surface area contributed by atoms with E-state index in [1.165, 1.54) is 31.1 Å². The fourth-order valence-corrected chi connectivity index (χ4v) is 1.98. The van der Waals surface area contributed by atoms with Gasteiger partial charge in [0, 0.05) is 0 Å². The van der Waals surface area contributed by atoms with Crippen LogP contribution in [0.15, 0.2) is 62.7 Å². The van der Waals surface area contributed by atoms with E-state index in [0.29, 0.717) is 0 Å². The van der Waals surface area contributed by atoms with Crippen molar-refractivity contribution in [3.05, 3.63) is 73.9 Å². The quantitative estimate of drug-likeness (QED) is 0.545. The number of aromatic nitrogens is 2.